The highest BCUT2D eigenvalue weighted by Crippen LogP contribution is 2.27. The summed E-state index contributed by atoms with van der Waals surface area (Å²) in [6.07, 6.45) is 2.61. The van der Waals surface area contributed by atoms with Crippen LogP contribution in [0.4, 0.5) is 4.39 Å². The molecule has 0 aliphatic heterocycles. The zero-order valence-electron chi connectivity index (χ0n) is 10.3. The highest BCUT2D eigenvalue weighted by atomic mass is 79.9. The van der Waals surface area contributed by atoms with Gasteiger partial charge in [0.05, 0.1) is 0 Å². The number of halogens is 2. The maximum atomic E-state index is 13.2. The zero-order valence-corrected chi connectivity index (χ0v) is 11.9. The minimum atomic E-state index is -0.234. The van der Waals surface area contributed by atoms with Crippen molar-refractivity contribution in [1.82, 2.24) is 10.6 Å². The van der Waals surface area contributed by atoms with Gasteiger partial charge in [-0.15, -0.1) is 0 Å². The van der Waals surface area contributed by atoms with Crippen molar-refractivity contribution in [2.24, 2.45) is 10.9 Å². The molecule has 98 valence electrons. The topological polar surface area (TPSA) is 36.4 Å². The summed E-state index contributed by atoms with van der Waals surface area (Å²) in [4.78, 5) is 4.14. The molecule has 3 nitrogen and oxygen atoms in total. The Hall–Kier alpha value is -1.10. The molecular weight excluding hydrogens is 297 g/mol. The van der Waals surface area contributed by atoms with E-state index in [1.165, 1.54) is 25.0 Å². The first-order chi connectivity index (χ1) is 8.67. The lowest BCUT2D eigenvalue weighted by Crippen LogP contribution is -2.37. The number of nitrogens with one attached hydrogen (secondary N) is 2. The minimum Gasteiger partial charge on any atom is -0.356 e. The fraction of sp³-hybridized carbons (Fsp3) is 0.462. The highest BCUT2D eigenvalue weighted by Gasteiger charge is 2.20. The molecule has 1 aliphatic carbocycles. The van der Waals surface area contributed by atoms with Crippen LogP contribution in [0.5, 0.6) is 0 Å². The first-order valence-electron chi connectivity index (χ1n) is 6.07. The van der Waals surface area contributed by atoms with E-state index in [-0.39, 0.29) is 5.82 Å². The third-order valence-electron chi connectivity index (χ3n) is 2.86. The molecule has 2 rings (SSSR count). The summed E-state index contributed by atoms with van der Waals surface area (Å²) in [5, 5.41) is 6.44. The van der Waals surface area contributed by atoms with Crippen molar-refractivity contribution in [2.75, 3.05) is 13.6 Å². The average Bonchev–Trinajstić information content (AvgIpc) is 3.12. The molecule has 5 heteroatoms. The molecule has 0 atom stereocenters. The second-order valence-electron chi connectivity index (χ2n) is 4.53. The number of guanidine groups is 1. The summed E-state index contributed by atoms with van der Waals surface area (Å²) >= 11 is 3.28. The molecule has 18 heavy (non-hydrogen) atoms. The van der Waals surface area contributed by atoms with E-state index in [9.17, 15) is 4.39 Å². The Kier molecular flexibility index (Phi) is 4.58. The van der Waals surface area contributed by atoms with Gasteiger partial charge in [-0.1, -0.05) is 15.9 Å². The largest absolute Gasteiger partial charge is 0.356 e. The monoisotopic (exact) mass is 313 g/mol. The quantitative estimate of drug-likeness (QED) is 0.662. The predicted molar refractivity (Wildman–Crippen MR) is 75.0 cm³/mol. The Morgan fingerprint density at radius 2 is 2.17 bits per heavy atom. The number of rotatable bonds is 4. The standard InChI is InChI=1S/C13H17BrFN3/c1-16-13(17-7-9-2-3-9)18-8-10-4-11(14)6-12(15)5-10/h4-6,9H,2-3,7-8H2,1H3,(H2,16,17,18). The van der Waals surface area contributed by atoms with Crippen molar-refractivity contribution in [3.05, 3.63) is 34.1 Å². The average molecular weight is 314 g/mol. The summed E-state index contributed by atoms with van der Waals surface area (Å²) in [6, 6.07) is 4.86. The van der Waals surface area contributed by atoms with Crippen LogP contribution in [0.3, 0.4) is 0 Å². The van der Waals surface area contributed by atoms with Gasteiger partial charge in [0.25, 0.3) is 0 Å². The van der Waals surface area contributed by atoms with Crippen LogP contribution in [0.2, 0.25) is 0 Å². The summed E-state index contributed by atoms with van der Waals surface area (Å²) in [5.41, 5.74) is 0.885. The summed E-state index contributed by atoms with van der Waals surface area (Å²) in [6.45, 7) is 1.52. The van der Waals surface area contributed by atoms with Crippen LogP contribution < -0.4 is 10.6 Å². The molecule has 0 saturated heterocycles. The van der Waals surface area contributed by atoms with Gasteiger partial charge in [-0.05, 0) is 42.5 Å². The van der Waals surface area contributed by atoms with Gasteiger partial charge in [-0.25, -0.2) is 4.39 Å². The van der Waals surface area contributed by atoms with Crippen molar-refractivity contribution >= 4 is 21.9 Å². The van der Waals surface area contributed by atoms with Crippen LogP contribution in [0.1, 0.15) is 18.4 Å². The normalized spacial score (nSPS) is 15.6. The number of hydrogen-bond acceptors (Lipinski definition) is 1. The maximum Gasteiger partial charge on any atom is 0.191 e. The number of benzene rings is 1. The van der Waals surface area contributed by atoms with E-state index in [0.29, 0.717) is 6.54 Å². The van der Waals surface area contributed by atoms with Crippen LogP contribution in [0.15, 0.2) is 27.7 Å². The van der Waals surface area contributed by atoms with E-state index < -0.39 is 0 Å². The SMILES string of the molecule is CN=C(NCc1cc(F)cc(Br)c1)NCC1CC1. The Morgan fingerprint density at radius 1 is 1.39 bits per heavy atom. The third kappa shape index (κ3) is 4.29. The van der Waals surface area contributed by atoms with Gasteiger partial charge in [0.2, 0.25) is 0 Å². The second-order valence-corrected chi connectivity index (χ2v) is 5.44. The molecule has 1 aromatic rings. The van der Waals surface area contributed by atoms with Gasteiger partial charge < -0.3 is 10.6 Å². The Bertz CT molecular complexity index is 424. The van der Waals surface area contributed by atoms with E-state index in [1.54, 1.807) is 7.05 Å². The van der Waals surface area contributed by atoms with Gasteiger partial charge in [0.1, 0.15) is 5.82 Å². The maximum absolute atomic E-state index is 13.2. The van der Waals surface area contributed by atoms with Crippen molar-refractivity contribution < 1.29 is 4.39 Å². The van der Waals surface area contributed by atoms with Gasteiger partial charge in [-0.2, -0.15) is 0 Å². The van der Waals surface area contributed by atoms with Gasteiger partial charge in [0.15, 0.2) is 5.96 Å². The van der Waals surface area contributed by atoms with E-state index in [4.69, 9.17) is 0 Å². The number of hydrogen-bond donors (Lipinski definition) is 2. The molecule has 1 saturated carbocycles. The van der Waals surface area contributed by atoms with Crippen LogP contribution in [-0.4, -0.2) is 19.6 Å². The number of nitrogens with zero attached hydrogens (tertiary/aromatic N) is 1. The van der Waals surface area contributed by atoms with E-state index in [1.807, 2.05) is 6.07 Å². The third-order valence-corrected chi connectivity index (χ3v) is 3.32. The summed E-state index contributed by atoms with van der Waals surface area (Å²) in [5.74, 6) is 1.33. The van der Waals surface area contributed by atoms with Crippen molar-refractivity contribution in [2.45, 2.75) is 19.4 Å². The van der Waals surface area contributed by atoms with Crippen LogP contribution in [0, 0.1) is 11.7 Å². The smallest absolute Gasteiger partial charge is 0.191 e. The van der Waals surface area contributed by atoms with Crippen LogP contribution in [0.25, 0.3) is 0 Å². The molecular formula is C13H17BrFN3. The highest BCUT2D eigenvalue weighted by molar-refractivity contribution is 9.10. The van der Waals surface area contributed by atoms with Crippen molar-refractivity contribution in [3.63, 3.8) is 0 Å². The Morgan fingerprint density at radius 3 is 2.78 bits per heavy atom. The fourth-order valence-electron chi connectivity index (χ4n) is 1.68. The predicted octanol–water partition coefficient (Wildman–Crippen LogP) is 2.66. The van der Waals surface area contributed by atoms with Crippen molar-refractivity contribution in [1.29, 1.82) is 0 Å². The Balaban J connectivity index is 1.84. The second kappa shape index (κ2) is 6.18. The lowest BCUT2D eigenvalue weighted by Gasteiger charge is -2.11. The molecule has 0 amide bonds. The molecule has 1 fully saturated rings. The summed E-state index contributed by atoms with van der Waals surface area (Å²) < 4.78 is 13.9. The van der Waals surface area contributed by atoms with Gasteiger partial charge in [-0.3, -0.25) is 4.99 Å². The fourth-order valence-corrected chi connectivity index (χ4v) is 2.20. The molecule has 0 unspecified atom stereocenters. The molecule has 0 spiro atoms. The summed E-state index contributed by atoms with van der Waals surface area (Å²) in [7, 11) is 1.74. The van der Waals surface area contributed by atoms with E-state index in [2.05, 4.69) is 31.6 Å². The molecule has 1 aromatic carbocycles. The first kappa shape index (κ1) is 13.3. The molecule has 0 heterocycles. The van der Waals surface area contributed by atoms with E-state index >= 15 is 0 Å². The van der Waals surface area contributed by atoms with Gasteiger partial charge >= 0.3 is 0 Å². The number of aliphatic imine (C=N–C) groups is 1. The Labute approximate surface area is 115 Å². The molecule has 1 aliphatic rings. The van der Waals surface area contributed by atoms with Gasteiger partial charge in [0, 0.05) is 24.6 Å². The van der Waals surface area contributed by atoms with E-state index in [0.717, 1.165) is 28.5 Å². The molecule has 0 radical (unpaired) electrons. The van der Waals surface area contributed by atoms with Crippen LogP contribution in [-0.2, 0) is 6.54 Å². The molecule has 2 N–H and O–H groups in total. The lowest BCUT2D eigenvalue weighted by atomic mass is 10.2. The first-order valence-corrected chi connectivity index (χ1v) is 6.86. The van der Waals surface area contributed by atoms with Crippen LogP contribution >= 0.6 is 15.9 Å². The minimum absolute atomic E-state index is 0.234. The van der Waals surface area contributed by atoms with Crippen molar-refractivity contribution in [3.8, 4) is 0 Å². The lowest BCUT2D eigenvalue weighted by molar-refractivity contribution is 0.623. The molecule has 0 aromatic heterocycles. The zero-order chi connectivity index (χ0) is 13.0. The molecule has 0 bridgehead atoms.